The first-order valence-electron chi connectivity index (χ1n) is 3.88. The first-order valence-corrected chi connectivity index (χ1v) is 7.01. The van der Waals surface area contributed by atoms with Crippen molar-refractivity contribution in [3.8, 4) is 0 Å². The summed E-state index contributed by atoms with van der Waals surface area (Å²) in [6, 6.07) is 0. The van der Waals surface area contributed by atoms with Crippen LogP contribution in [0.3, 0.4) is 0 Å². The van der Waals surface area contributed by atoms with Crippen molar-refractivity contribution in [3.63, 3.8) is 0 Å². The van der Waals surface area contributed by atoms with Gasteiger partial charge in [-0.1, -0.05) is 12.2 Å². The molecule has 0 amide bonds. The van der Waals surface area contributed by atoms with Gasteiger partial charge in [-0.25, -0.2) is 13.9 Å². The van der Waals surface area contributed by atoms with E-state index in [1.165, 1.54) is 0 Å². The minimum absolute atomic E-state index is 0.227. The molecule has 14 heavy (non-hydrogen) atoms. The molecule has 0 rings (SSSR count). The van der Waals surface area contributed by atoms with Crippen LogP contribution in [0.4, 0.5) is 0 Å². The van der Waals surface area contributed by atoms with E-state index < -0.39 is 10.4 Å². The molecule has 0 atom stereocenters. The topological polar surface area (TPSA) is 78.5 Å². The third kappa shape index (κ3) is 10.2. The molecule has 0 unspecified atom stereocenters. The summed E-state index contributed by atoms with van der Waals surface area (Å²) in [6.07, 6.45) is 4.36. The molecule has 8 heteroatoms. The molecule has 0 heterocycles. The van der Waals surface area contributed by atoms with Gasteiger partial charge in [-0.05, 0) is 31.3 Å². The zero-order valence-electron chi connectivity index (χ0n) is 7.69. The van der Waals surface area contributed by atoms with Crippen LogP contribution in [0.25, 0.3) is 0 Å². The summed E-state index contributed by atoms with van der Waals surface area (Å²) >= 11 is 6.46. The van der Waals surface area contributed by atoms with Crippen molar-refractivity contribution in [1.29, 1.82) is 0 Å². The van der Waals surface area contributed by atoms with E-state index in [0.29, 0.717) is 6.42 Å². The predicted octanol–water partition coefficient (Wildman–Crippen LogP) is 0.829. The van der Waals surface area contributed by atoms with Gasteiger partial charge < -0.3 is 4.55 Å². The Morgan fingerprint density at radius 1 is 1.57 bits per heavy atom. The van der Waals surface area contributed by atoms with Crippen molar-refractivity contribution in [2.45, 2.75) is 19.3 Å². The fourth-order valence-electron chi connectivity index (χ4n) is 0.680. The Morgan fingerprint density at radius 2 is 2.21 bits per heavy atom. The van der Waals surface area contributed by atoms with E-state index in [2.05, 4.69) is 4.28 Å². The molecule has 0 aliphatic carbocycles. The van der Waals surface area contributed by atoms with Gasteiger partial charge in [0.05, 0.1) is 0 Å². The monoisotopic (exact) mass is 258 g/mol. The van der Waals surface area contributed by atoms with E-state index in [-0.39, 0.29) is 4.99 Å². The van der Waals surface area contributed by atoms with Crippen molar-refractivity contribution in [1.82, 2.24) is 5.48 Å². The lowest BCUT2D eigenvalue weighted by Gasteiger charge is -2.09. The third-order valence-electron chi connectivity index (χ3n) is 1.26. The largest absolute Gasteiger partial charge is 0.724 e. The van der Waals surface area contributed by atoms with Gasteiger partial charge in [0, 0.05) is 0 Å². The van der Waals surface area contributed by atoms with Crippen LogP contribution in [0.5, 0.6) is 0 Å². The van der Waals surface area contributed by atoms with Crippen LogP contribution in [-0.2, 0) is 14.7 Å². The van der Waals surface area contributed by atoms with Gasteiger partial charge in [-0.3, -0.25) is 0 Å². The van der Waals surface area contributed by atoms with Crippen LogP contribution in [0.2, 0.25) is 0 Å². The number of nitrogens with one attached hydrogen (secondary N) is 1. The summed E-state index contributed by atoms with van der Waals surface area (Å²) in [7, 11) is -4.71. The second-order valence-corrected chi connectivity index (χ2v) is 4.93. The molecule has 1 N–H and O–H groups in total. The molecule has 0 aromatic carbocycles. The fraction of sp³-hybridized carbons (Fsp3) is 0.833. The second kappa shape index (κ2) is 7.41. The SMILES string of the molecule is CSCCCCC(=S)NOS(=O)(=O)[O-]. The molecule has 0 aromatic heterocycles. The molecular formula is C6H12NO4S3-. The Labute approximate surface area is 93.5 Å². The number of rotatable bonds is 7. The van der Waals surface area contributed by atoms with Crippen molar-refractivity contribution in [2.24, 2.45) is 0 Å². The maximum Gasteiger partial charge on any atom is 0.238 e. The zero-order valence-corrected chi connectivity index (χ0v) is 10.1. The van der Waals surface area contributed by atoms with E-state index in [4.69, 9.17) is 12.2 Å². The molecule has 0 aliphatic rings. The number of hydrogen-bond acceptors (Lipinski definition) is 6. The van der Waals surface area contributed by atoms with E-state index in [9.17, 15) is 13.0 Å². The molecule has 0 aliphatic heterocycles. The van der Waals surface area contributed by atoms with Crippen LogP contribution in [0.15, 0.2) is 0 Å². The van der Waals surface area contributed by atoms with E-state index in [0.717, 1.165) is 18.6 Å². The highest BCUT2D eigenvalue weighted by Gasteiger charge is 1.99. The quantitative estimate of drug-likeness (QED) is 0.238. The number of thiocarbonyl (C=S) groups is 1. The normalized spacial score (nSPS) is 11.3. The summed E-state index contributed by atoms with van der Waals surface area (Å²) in [5.41, 5.74) is 1.92. The van der Waals surface area contributed by atoms with Crippen LogP contribution in [0.1, 0.15) is 19.3 Å². The highest BCUT2D eigenvalue weighted by molar-refractivity contribution is 7.98. The van der Waals surface area contributed by atoms with Crippen LogP contribution in [-0.4, -0.2) is 30.0 Å². The number of thioether (sulfide) groups is 1. The molecule has 84 valence electrons. The standard InChI is InChI=1S/C6H13NO4S3/c1-13-5-3-2-4-6(12)7-11-14(8,9)10/h2-5H2,1H3,(H,7,12)(H,8,9,10)/p-1. The van der Waals surface area contributed by atoms with Gasteiger partial charge in [-0.15, -0.1) is 0 Å². The average Bonchev–Trinajstić information content (AvgIpc) is 2.08. The molecular weight excluding hydrogens is 246 g/mol. The van der Waals surface area contributed by atoms with Gasteiger partial charge in [0.1, 0.15) is 4.99 Å². The molecule has 5 nitrogen and oxygen atoms in total. The Bertz CT molecular complexity index is 264. The maximum atomic E-state index is 10.0. The second-order valence-electron chi connectivity index (χ2n) is 2.47. The van der Waals surface area contributed by atoms with Gasteiger partial charge in [0.25, 0.3) is 0 Å². The Kier molecular flexibility index (Phi) is 7.47. The number of hydroxylamine groups is 1. The van der Waals surface area contributed by atoms with Gasteiger partial charge in [0.15, 0.2) is 0 Å². The minimum atomic E-state index is -4.71. The van der Waals surface area contributed by atoms with Gasteiger partial charge in [0.2, 0.25) is 10.4 Å². The number of unbranched alkanes of at least 4 members (excludes halogenated alkanes) is 1. The summed E-state index contributed by atoms with van der Waals surface area (Å²) in [5, 5.41) is 0. The maximum absolute atomic E-state index is 10.0. The Balaban J connectivity index is 3.47. The molecule has 0 fully saturated rings. The summed E-state index contributed by atoms with van der Waals surface area (Å²) in [4.78, 5) is 0.227. The summed E-state index contributed by atoms with van der Waals surface area (Å²) in [6.45, 7) is 0. The van der Waals surface area contributed by atoms with Crippen LogP contribution < -0.4 is 5.48 Å². The average molecular weight is 258 g/mol. The smallest absolute Gasteiger partial charge is 0.238 e. The van der Waals surface area contributed by atoms with E-state index in [1.807, 2.05) is 11.7 Å². The lowest BCUT2D eigenvalue weighted by Crippen LogP contribution is -2.25. The predicted molar refractivity (Wildman–Crippen MR) is 58.7 cm³/mol. The number of hydrogen-bond donors (Lipinski definition) is 1. The van der Waals surface area contributed by atoms with E-state index >= 15 is 0 Å². The van der Waals surface area contributed by atoms with Crippen molar-refractivity contribution < 1.29 is 17.3 Å². The van der Waals surface area contributed by atoms with Crippen LogP contribution >= 0.6 is 24.0 Å². The summed E-state index contributed by atoms with van der Waals surface area (Å²) < 4.78 is 33.8. The summed E-state index contributed by atoms with van der Waals surface area (Å²) in [5.74, 6) is 1.03. The van der Waals surface area contributed by atoms with Crippen molar-refractivity contribution >= 4 is 39.4 Å². The zero-order chi connectivity index (χ0) is 11.0. The van der Waals surface area contributed by atoms with Crippen molar-refractivity contribution in [2.75, 3.05) is 12.0 Å². The third-order valence-corrected chi connectivity index (χ3v) is 2.53. The molecule has 0 aromatic rings. The molecule has 0 radical (unpaired) electrons. The molecule has 0 spiro atoms. The first kappa shape index (κ1) is 14.1. The van der Waals surface area contributed by atoms with Crippen molar-refractivity contribution in [3.05, 3.63) is 0 Å². The van der Waals surface area contributed by atoms with Gasteiger partial charge >= 0.3 is 0 Å². The first-order chi connectivity index (χ1) is 6.45. The van der Waals surface area contributed by atoms with Gasteiger partial charge in [-0.2, -0.15) is 16.0 Å². The molecule has 0 bridgehead atoms. The lowest BCUT2D eigenvalue weighted by molar-refractivity contribution is 0.221. The van der Waals surface area contributed by atoms with E-state index in [1.54, 1.807) is 11.8 Å². The highest BCUT2D eigenvalue weighted by Crippen LogP contribution is 2.02. The molecule has 0 saturated heterocycles. The highest BCUT2D eigenvalue weighted by atomic mass is 32.3. The minimum Gasteiger partial charge on any atom is -0.724 e. The molecule has 0 saturated carbocycles. The fourth-order valence-corrected chi connectivity index (χ4v) is 1.61. The van der Waals surface area contributed by atoms with Crippen LogP contribution in [0, 0.1) is 0 Å². The Hall–Kier alpha value is 0.110. The Morgan fingerprint density at radius 3 is 2.71 bits per heavy atom. The lowest BCUT2D eigenvalue weighted by atomic mass is 10.2.